The number of benzene rings is 1. The quantitative estimate of drug-likeness (QED) is 0.823. The number of hydrogen-bond donors (Lipinski definition) is 0. The number of amides is 1. The molecule has 0 N–H and O–H groups in total. The van der Waals surface area contributed by atoms with Gasteiger partial charge in [-0.2, -0.15) is 0 Å². The van der Waals surface area contributed by atoms with Gasteiger partial charge in [-0.15, -0.1) is 0 Å². The monoisotopic (exact) mass is 248 g/mol. The Morgan fingerprint density at radius 3 is 2.83 bits per heavy atom. The van der Waals surface area contributed by atoms with E-state index in [-0.39, 0.29) is 5.91 Å². The number of oxazole rings is 1. The SMILES string of the molecule is CCN(C)C(=O)CCn1c(=O)oc2ccccc21. The van der Waals surface area contributed by atoms with Crippen molar-refractivity contribution in [2.24, 2.45) is 0 Å². The lowest BCUT2D eigenvalue weighted by molar-refractivity contribution is -0.129. The summed E-state index contributed by atoms with van der Waals surface area (Å²) in [6.07, 6.45) is 0.299. The van der Waals surface area contributed by atoms with E-state index in [2.05, 4.69) is 0 Å². The van der Waals surface area contributed by atoms with Crippen LogP contribution in [0.4, 0.5) is 0 Å². The zero-order chi connectivity index (χ0) is 13.1. The van der Waals surface area contributed by atoms with Crippen LogP contribution in [-0.2, 0) is 11.3 Å². The second-order valence-electron chi connectivity index (χ2n) is 4.15. The number of aryl methyl sites for hydroxylation is 1. The second kappa shape index (κ2) is 5.08. The fourth-order valence-electron chi connectivity index (χ4n) is 1.80. The summed E-state index contributed by atoms with van der Waals surface area (Å²) in [6, 6.07) is 7.21. The van der Waals surface area contributed by atoms with Crippen molar-refractivity contribution in [2.45, 2.75) is 19.9 Å². The molecule has 0 aliphatic heterocycles. The van der Waals surface area contributed by atoms with E-state index < -0.39 is 5.76 Å². The topological polar surface area (TPSA) is 55.5 Å². The zero-order valence-corrected chi connectivity index (χ0v) is 10.5. The summed E-state index contributed by atoms with van der Waals surface area (Å²) in [6.45, 7) is 2.93. The van der Waals surface area contributed by atoms with Gasteiger partial charge < -0.3 is 9.32 Å². The van der Waals surface area contributed by atoms with Gasteiger partial charge >= 0.3 is 5.76 Å². The molecule has 2 aromatic rings. The van der Waals surface area contributed by atoms with E-state index in [0.717, 1.165) is 5.52 Å². The fraction of sp³-hybridized carbons (Fsp3) is 0.385. The van der Waals surface area contributed by atoms with Crippen molar-refractivity contribution in [3.05, 3.63) is 34.8 Å². The van der Waals surface area contributed by atoms with Gasteiger partial charge in [0.15, 0.2) is 5.58 Å². The van der Waals surface area contributed by atoms with Crippen molar-refractivity contribution in [1.82, 2.24) is 9.47 Å². The Hall–Kier alpha value is -2.04. The van der Waals surface area contributed by atoms with Gasteiger partial charge in [0.25, 0.3) is 0 Å². The molecule has 5 nitrogen and oxygen atoms in total. The molecule has 0 fully saturated rings. The number of hydrogen-bond acceptors (Lipinski definition) is 3. The van der Waals surface area contributed by atoms with Crippen molar-refractivity contribution in [1.29, 1.82) is 0 Å². The molecule has 0 saturated heterocycles. The Bertz CT molecular complexity index is 612. The molecule has 0 saturated carbocycles. The van der Waals surface area contributed by atoms with Gasteiger partial charge in [-0.1, -0.05) is 12.1 Å². The molecule has 1 aromatic heterocycles. The highest BCUT2D eigenvalue weighted by atomic mass is 16.4. The highest BCUT2D eigenvalue weighted by Gasteiger charge is 2.11. The van der Waals surface area contributed by atoms with Crippen LogP contribution >= 0.6 is 0 Å². The molecule has 2 rings (SSSR count). The number of carbonyl (C=O) groups excluding carboxylic acids is 1. The largest absolute Gasteiger partial charge is 0.419 e. The molecule has 1 heterocycles. The highest BCUT2D eigenvalue weighted by molar-refractivity contribution is 5.76. The number of aromatic nitrogens is 1. The first-order chi connectivity index (χ1) is 8.63. The summed E-state index contributed by atoms with van der Waals surface area (Å²) in [5.41, 5.74) is 1.29. The molecular formula is C13H16N2O3. The Balaban J connectivity index is 2.20. The first kappa shape index (κ1) is 12.4. The van der Waals surface area contributed by atoms with Crippen LogP contribution in [0.25, 0.3) is 11.1 Å². The van der Waals surface area contributed by atoms with Crippen molar-refractivity contribution in [3.63, 3.8) is 0 Å². The normalized spacial score (nSPS) is 10.8. The number of para-hydroxylation sites is 2. The highest BCUT2D eigenvalue weighted by Crippen LogP contribution is 2.12. The maximum absolute atomic E-state index is 11.7. The maximum Gasteiger partial charge on any atom is 0.419 e. The van der Waals surface area contributed by atoms with Crippen molar-refractivity contribution >= 4 is 17.0 Å². The Labute approximate surface area is 105 Å². The van der Waals surface area contributed by atoms with Crippen LogP contribution in [0.1, 0.15) is 13.3 Å². The summed E-state index contributed by atoms with van der Waals surface area (Å²) in [5.74, 6) is -0.391. The molecule has 5 heteroatoms. The standard InChI is InChI=1S/C13H16N2O3/c1-3-14(2)12(16)8-9-15-10-6-4-5-7-11(10)18-13(15)17/h4-7H,3,8-9H2,1-2H3. The lowest BCUT2D eigenvalue weighted by Crippen LogP contribution is -2.28. The Kier molecular flexibility index (Phi) is 3.50. The van der Waals surface area contributed by atoms with E-state index in [0.29, 0.717) is 25.1 Å². The average molecular weight is 248 g/mol. The molecule has 0 aliphatic rings. The van der Waals surface area contributed by atoms with Gasteiger partial charge in [0.2, 0.25) is 5.91 Å². The molecular weight excluding hydrogens is 232 g/mol. The predicted molar refractivity (Wildman–Crippen MR) is 68.4 cm³/mol. The molecule has 0 bridgehead atoms. The van der Waals surface area contributed by atoms with E-state index in [4.69, 9.17) is 4.42 Å². The lowest BCUT2D eigenvalue weighted by atomic mass is 10.3. The predicted octanol–water partition coefficient (Wildman–Crippen LogP) is 1.46. The van der Waals surface area contributed by atoms with E-state index in [1.165, 1.54) is 4.57 Å². The van der Waals surface area contributed by atoms with E-state index in [1.54, 1.807) is 18.0 Å². The molecule has 0 spiro atoms. The van der Waals surface area contributed by atoms with Gasteiger partial charge in [-0.05, 0) is 19.1 Å². The minimum atomic E-state index is -0.414. The van der Waals surface area contributed by atoms with Crippen LogP contribution in [0, 0.1) is 0 Å². The first-order valence-electron chi connectivity index (χ1n) is 5.95. The van der Waals surface area contributed by atoms with Crippen molar-refractivity contribution < 1.29 is 9.21 Å². The lowest BCUT2D eigenvalue weighted by Gasteiger charge is -2.14. The summed E-state index contributed by atoms with van der Waals surface area (Å²) in [5, 5.41) is 0. The number of fused-ring (bicyclic) bond motifs is 1. The van der Waals surface area contributed by atoms with Crippen LogP contribution in [0.2, 0.25) is 0 Å². The second-order valence-corrected chi connectivity index (χ2v) is 4.15. The maximum atomic E-state index is 11.7. The van der Waals surface area contributed by atoms with Crippen LogP contribution in [0.5, 0.6) is 0 Å². The fourth-order valence-corrected chi connectivity index (χ4v) is 1.80. The zero-order valence-electron chi connectivity index (χ0n) is 10.5. The summed E-state index contributed by atoms with van der Waals surface area (Å²) >= 11 is 0. The van der Waals surface area contributed by atoms with E-state index >= 15 is 0 Å². The van der Waals surface area contributed by atoms with Crippen molar-refractivity contribution in [2.75, 3.05) is 13.6 Å². The summed E-state index contributed by atoms with van der Waals surface area (Å²) < 4.78 is 6.60. The third-order valence-electron chi connectivity index (χ3n) is 3.02. The van der Waals surface area contributed by atoms with E-state index in [9.17, 15) is 9.59 Å². The van der Waals surface area contributed by atoms with Crippen LogP contribution in [0.15, 0.2) is 33.5 Å². The molecule has 18 heavy (non-hydrogen) atoms. The van der Waals surface area contributed by atoms with Crippen LogP contribution in [0.3, 0.4) is 0 Å². The minimum Gasteiger partial charge on any atom is -0.408 e. The third kappa shape index (κ3) is 2.30. The molecule has 0 aliphatic carbocycles. The van der Waals surface area contributed by atoms with Gasteiger partial charge in [-0.25, -0.2) is 4.79 Å². The summed E-state index contributed by atoms with van der Waals surface area (Å²) in [4.78, 5) is 25.0. The van der Waals surface area contributed by atoms with Crippen molar-refractivity contribution in [3.8, 4) is 0 Å². The van der Waals surface area contributed by atoms with Crippen LogP contribution in [-0.4, -0.2) is 29.0 Å². The van der Waals surface area contributed by atoms with E-state index in [1.807, 2.05) is 25.1 Å². The van der Waals surface area contributed by atoms with Gasteiger partial charge in [0, 0.05) is 26.6 Å². The van der Waals surface area contributed by atoms with Gasteiger partial charge in [0.05, 0.1) is 5.52 Å². The average Bonchev–Trinajstić information content (AvgIpc) is 2.70. The Morgan fingerprint density at radius 2 is 2.11 bits per heavy atom. The molecule has 1 aromatic carbocycles. The molecule has 0 radical (unpaired) electrons. The smallest absolute Gasteiger partial charge is 0.408 e. The first-order valence-corrected chi connectivity index (χ1v) is 5.95. The van der Waals surface area contributed by atoms with Gasteiger partial charge in [0.1, 0.15) is 0 Å². The summed E-state index contributed by atoms with van der Waals surface area (Å²) in [7, 11) is 1.75. The Morgan fingerprint density at radius 1 is 1.39 bits per heavy atom. The number of carbonyl (C=O) groups is 1. The van der Waals surface area contributed by atoms with Gasteiger partial charge in [-0.3, -0.25) is 9.36 Å². The molecule has 0 atom stereocenters. The third-order valence-corrected chi connectivity index (χ3v) is 3.02. The van der Waals surface area contributed by atoms with Crippen LogP contribution < -0.4 is 5.76 Å². The molecule has 1 amide bonds. The number of nitrogens with zero attached hydrogens (tertiary/aromatic N) is 2. The minimum absolute atomic E-state index is 0.0229. The molecule has 96 valence electrons. The molecule has 0 unspecified atom stereocenters. The number of rotatable bonds is 4.